The van der Waals surface area contributed by atoms with Crippen LogP contribution in [0.2, 0.25) is 0 Å². The summed E-state index contributed by atoms with van der Waals surface area (Å²) in [5.74, 6) is 3.45. The summed E-state index contributed by atoms with van der Waals surface area (Å²) in [6.07, 6.45) is 10.7. The Morgan fingerprint density at radius 3 is 2.50 bits per heavy atom. The third-order valence-corrected chi connectivity index (χ3v) is 3.90. The van der Waals surface area contributed by atoms with Crippen LogP contribution >= 0.6 is 0 Å². The molecule has 1 aliphatic carbocycles. The fourth-order valence-corrected chi connectivity index (χ4v) is 2.91. The van der Waals surface area contributed by atoms with E-state index in [4.69, 9.17) is 6.42 Å². The van der Waals surface area contributed by atoms with Crippen molar-refractivity contribution in [3.8, 4) is 12.3 Å². The van der Waals surface area contributed by atoms with Crippen molar-refractivity contribution in [2.45, 2.75) is 57.0 Å². The molecule has 0 bridgehead atoms. The van der Waals surface area contributed by atoms with E-state index < -0.39 is 0 Å². The Morgan fingerprint density at radius 2 is 1.83 bits per heavy atom. The summed E-state index contributed by atoms with van der Waals surface area (Å²) >= 11 is 0. The van der Waals surface area contributed by atoms with Gasteiger partial charge in [0.25, 0.3) is 0 Å². The summed E-state index contributed by atoms with van der Waals surface area (Å²) in [5.41, 5.74) is 1.23. The van der Waals surface area contributed by atoms with Crippen LogP contribution in [0.4, 0.5) is 0 Å². The highest BCUT2D eigenvalue weighted by molar-refractivity contribution is 5.23. The van der Waals surface area contributed by atoms with E-state index in [9.17, 15) is 0 Å². The first-order valence-corrected chi connectivity index (χ1v) is 6.93. The molecule has 0 aromatic heterocycles. The Bertz CT molecular complexity index is 413. The number of nitrogens with one attached hydrogen (secondary N) is 1. The molecule has 1 nitrogen and oxygen atoms in total. The maximum atomic E-state index is 5.60. The molecule has 2 unspecified atom stereocenters. The Morgan fingerprint density at radius 1 is 1.17 bits per heavy atom. The van der Waals surface area contributed by atoms with Crippen molar-refractivity contribution in [3.63, 3.8) is 0 Å². The zero-order valence-corrected chi connectivity index (χ0v) is 11.4. The van der Waals surface area contributed by atoms with Crippen LogP contribution in [-0.2, 0) is 0 Å². The minimum Gasteiger partial charge on any atom is -0.298 e. The van der Waals surface area contributed by atoms with Gasteiger partial charge < -0.3 is 0 Å². The van der Waals surface area contributed by atoms with Gasteiger partial charge >= 0.3 is 0 Å². The molecule has 0 spiro atoms. The minimum atomic E-state index is -0.213. The lowest BCUT2D eigenvalue weighted by Gasteiger charge is -2.37. The van der Waals surface area contributed by atoms with E-state index in [1.165, 1.54) is 31.2 Å². The number of benzene rings is 1. The largest absolute Gasteiger partial charge is 0.298 e. The Balaban J connectivity index is 2.15. The predicted octanol–water partition coefficient (Wildman–Crippen LogP) is 3.71. The lowest BCUT2D eigenvalue weighted by molar-refractivity contribution is 0.286. The van der Waals surface area contributed by atoms with Crippen molar-refractivity contribution in [1.29, 1.82) is 0 Å². The SMILES string of the molecule is C#CC(C)(C)NC1CCCCC1c1ccccc1. The summed E-state index contributed by atoms with van der Waals surface area (Å²) in [6, 6.07) is 11.3. The third kappa shape index (κ3) is 3.15. The normalized spacial score (nSPS) is 24.5. The van der Waals surface area contributed by atoms with Gasteiger partial charge in [0.15, 0.2) is 0 Å². The zero-order chi connectivity index (χ0) is 13.0. The van der Waals surface area contributed by atoms with Crippen LogP contribution in [0.1, 0.15) is 51.0 Å². The maximum Gasteiger partial charge on any atom is 0.0743 e. The molecule has 2 atom stereocenters. The van der Waals surface area contributed by atoms with Gasteiger partial charge in [0.1, 0.15) is 0 Å². The molecule has 1 heteroatoms. The highest BCUT2D eigenvalue weighted by Crippen LogP contribution is 2.33. The van der Waals surface area contributed by atoms with Gasteiger partial charge in [0.2, 0.25) is 0 Å². The predicted molar refractivity (Wildman–Crippen MR) is 77.5 cm³/mol. The van der Waals surface area contributed by atoms with Crippen molar-refractivity contribution >= 4 is 0 Å². The van der Waals surface area contributed by atoms with Gasteiger partial charge in [-0.2, -0.15) is 0 Å². The monoisotopic (exact) mass is 241 g/mol. The van der Waals surface area contributed by atoms with Gasteiger partial charge in [-0.15, -0.1) is 6.42 Å². The fraction of sp³-hybridized carbons (Fsp3) is 0.529. The van der Waals surface area contributed by atoms with Crippen molar-refractivity contribution < 1.29 is 0 Å². The van der Waals surface area contributed by atoms with Crippen molar-refractivity contribution in [3.05, 3.63) is 35.9 Å². The molecular weight excluding hydrogens is 218 g/mol. The van der Waals surface area contributed by atoms with Crippen LogP contribution < -0.4 is 5.32 Å². The molecule has 0 radical (unpaired) electrons. The van der Waals surface area contributed by atoms with Gasteiger partial charge in [-0.25, -0.2) is 0 Å². The minimum absolute atomic E-state index is 0.213. The lowest BCUT2D eigenvalue weighted by Crippen LogP contribution is -2.48. The summed E-state index contributed by atoms with van der Waals surface area (Å²) in [4.78, 5) is 0. The fourth-order valence-electron chi connectivity index (χ4n) is 2.91. The maximum absolute atomic E-state index is 5.60. The van der Waals surface area contributed by atoms with Crippen LogP contribution in [0.25, 0.3) is 0 Å². The second-order valence-electron chi connectivity index (χ2n) is 5.82. The molecule has 1 saturated carbocycles. The van der Waals surface area contributed by atoms with E-state index in [0.717, 1.165) is 0 Å². The standard InChI is InChI=1S/C17H23N/c1-4-17(2,3)18-16-13-9-8-12-15(16)14-10-6-5-7-11-14/h1,5-7,10-11,15-16,18H,8-9,12-13H2,2-3H3. The van der Waals surface area contributed by atoms with Crippen LogP contribution in [0.5, 0.6) is 0 Å². The quantitative estimate of drug-likeness (QED) is 0.795. The van der Waals surface area contributed by atoms with E-state index >= 15 is 0 Å². The molecule has 1 aromatic carbocycles. The van der Waals surface area contributed by atoms with Gasteiger partial charge in [-0.05, 0) is 38.2 Å². The zero-order valence-electron chi connectivity index (χ0n) is 11.4. The highest BCUT2D eigenvalue weighted by Gasteiger charge is 2.29. The molecule has 2 rings (SSSR count). The summed E-state index contributed by atoms with van der Waals surface area (Å²) in [6.45, 7) is 4.17. The molecule has 96 valence electrons. The van der Waals surface area contributed by atoms with Crippen LogP contribution in [-0.4, -0.2) is 11.6 Å². The second-order valence-corrected chi connectivity index (χ2v) is 5.82. The van der Waals surface area contributed by atoms with Crippen molar-refractivity contribution in [2.24, 2.45) is 0 Å². The summed E-state index contributed by atoms with van der Waals surface area (Å²) in [7, 11) is 0. The lowest BCUT2D eigenvalue weighted by atomic mass is 9.79. The molecule has 1 aromatic rings. The van der Waals surface area contributed by atoms with E-state index in [-0.39, 0.29) is 5.54 Å². The number of hydrogen-bond donors (Lipinski definition) is 1. The first kappa shape index (κ1) is 13.2. The molecular formula is C17H23N. The van der Waals surface area contributed by atoms with Gasteiger partial charge in [0, 0.05) is 6.04 Å². The van der Waals surface area contributed by atoms with Gasteiger partial charge in [-0.1, -0.05) is 49.1 Å². The summed E-state index contributed by atoms with van der Waals surface area (Å²) in [5, 5.41) is 3.66. The molecule has 0 amide bonds. The Hall–Kier alpha value is -1.26. The second kappa shape index (κ2) is 5.59. The molecule has 0 heterocycles. The number of terminal acetylenes is 1. The number of rotatable bonds is 3. The first-order valence-electron chi connectivity index (χ1n) is 6.93. The molecule has 1 fully saturated rings. The van der Waals surface area contributed by atoms with Crippen molar-refractivity contribution in [2.75, 3.05) is 0 Å². The topological polar surface area (TPSA) is 12.0 Å². The van der Waals surface area contributed by atoms with Gasteiger partial charge in [-0.3, -0.25) is 5.32 Å². The van der Waals surface area contributed by atoms with Crippen molar-refractivity contribution in [1.82, 2.24) is 5.32 Å². The summed E-state index contributed by atoms with van der Waals surface area (Å²) < 4.78 is 0. The van der Waals surface area contributed by atoms with Gasteiger partial charge in [0.05, 0.1) is 5.54 Å². The molecule has 18 heavy (non-hydrogen) atoms. The molecule has 0 saturated heterocycles. The molecule has 1 aliphatic rings. The van der Waals surface area contributed by atoms with E-state index in [1.54, 1.807) is 0 Å². The van der Waals surface area contributed by atoms with Crippen LogP contribution in [0.3, 0.4) is 0 Å². The number of hydrogen-bond acceptors (Lipinski definition) is 1. The van der Waals surface area contributed by atoms with E-state index in [2.05, 4.69) is 55.4 Å². The Kier molecular flexibility index (Phi) is 4.09. The smallest absolute Gasteiger partial charge is 0.0743 e. The van der Waals surface area contributed by atoms with E-state index in [1.807, 2.05) is 0 Å². The third-order valence-electron chi connectivity index (χ3n) is 3.90. The molecule has 1 N–H and O–H groups in total. The van der Waals surface area contributed by atoms with Crippen LogP contribution in [0.15, 0.2) is 30.3 Å². The molecule has 0 aliphatic heterocycles. The van der Waals surface area contributed by atoms with Crippen LogP contribution in [0, 0.1) is 12.3 Å². The Labute approximate surface area is 111 Å². The first-order chi connectivity index (χ1) is 8.62. The highest BCUT2D eigenvalue weighted by atomic mass is 15.0. The van der Waals surface area contributed by atoms with E-state index in [0.29, 0.717) is 12.0 Å². The average Bonchev–Trinajstić information content (AvgIpc) is 2.40. The average molecular weight is 241 g/mol.